The summed E-state index contributed by atoms with van der Waals surface area (Å²) in [5, 5.41) is 0.459. The summed E-state index contributed by atoms with van der Waals surface area (Å²) in [6, 6.07) is 15.7. The number of pyridine rings is 1. The van der Waals surface area contributed by atoms with Crippen LogP contribution in [0.5, 0.6) is 0 Å². The van der Waals surface area contributed by atoms with Crippen LogP contribution in [0.15, 0.2) is 59.4 Å². The van der Waals surface area contributed by atoms with E-state index in [0.29, 0.717) is 47.7 Å². The molecule has 190 valence electrons. The molecule has 0 spiro atoms. The highest BCUT2D eigenvalue weighted by Gasteiger charge is 2.18. The van der Waals surface area contributed by atoms with Gasteiger partial charge in [-0.05, 0) is 81.5 Å². The number of halogens is 2. The molecule has 1 heterocycles. The first-order valence-electron chi connectivity index (χ1n) is 11.6. The van der Waals surface area contributed by atoms with Gasteiger partial charge in [0.05, 0.1) is 23.3 Å². The van der Waals surface area contributed by atoms with E-state index in [1.54, 1.807) is 34.9 Å². The van der Waals surface area contributed by atoms with Gasteiger partial charge in [-0.3, -0.25) is 4.79 Å². The molecule has 1 aromatic heterocycles. The van der Waals surface area contributed by atoms with Gasteiger partial charge in [0.25, 0.3) is 5.56 Å². The number of esters is 2. The number of ether oxygens (including phenoxy) is 2. The zero-order chi connectivity index (χ0) is 26.5. The Morgan fingerprint density at radius 2 is 1.53 bits per heavy atom. The molecule has 0 atom stereocenters. The molecule has 0 N–H and O–H groups in total. The zero-order valence-electron chi connectivity index (χ0n) is 20.8. The van der Waals surface area contributed by atoms with Gasteiger partial charge in [0.1, 0.15) is 10.6 Å². The summed E-state index contributed by atoms with van der Waals surface area (Å²) in [7, 11) is 1.34. The molecule has 0 aliphatic carbocycles. The third-order valence-electron chi connectivity index (χ3n) is 5.52. The van der Waals surface area contributed by atoms with Crippen molar-refractivity contribution in [2.24, 2.45) is 0 Å². The van der Waals surface area contributed by atoms with Gasteiger partial charge in [0, 0.05) is 12.2 Å². The fraction of sp³-hybridized carbons (Fsp3) is 0.321. The number of aromatic nitrogens is 1. The van der Waals surface area contributed by atoms with Crippen LogP contribution in [0.1, 0.15) is 58.3 Å². The maximum Gasteiger partial charge on any atom is 0.338 e. The van der Waals surface area contributed by atoms with Gasteiger partial charge < -0.3 is 14.0 Å². The van der Waals surface area contributed by atoms with Gasteiger partial charge in [-0.25, -0.2) is 9.59 Å². The molecule has 3 rings (SSSR count). The Hall–Kier alpha value is -3.09. The number of hydrogen-bond donors (Lipinski definition) is 0. The van der Waals surface area contributed by atoms with Crippen molar-refractivity contribution in [1.29, 1.82) is 0 Å². The van der Waals surface area contributed by atoms with E-state index >= 15 is 0 Å². The molecular formula is C28H29Cl2NO5. The van der Waals surface area contributed by atoms with Crippen molar-refractivity contribution in [3.8, 4) is 0 Å². The van der Waals surface area contributed by atoms with E-state index < -0.39 is 11.6 Å². The van der Waals surface area contributed by atoms with Crippen LogP contribution in [0.25, 0.3) is 0 Å². The van der Waals surface area contributed by atoms with Gasteiger partial charge in [-0.1, -0.05) is 47.5 Å². The van der Waals surface area contributed by atoms with E-state index in [2.05, 4.69) is 0 Å². The van der Waals surface area contributed by atoms with Crippen molar-refractivity contribution in [1.82, 2.24) is 4.57 Å². The minimum absolute atomic E-state index is 0.0525. The maximum absolute atomic E-state index is 12.9. The van der Waals surface area contributed by atoms with E-state index in [0.717, 1.165) is 11.1 Å². The van der Waals surface area contributed by atoms with Gasteiger partial charge >= 0.3 is 11.9 Å². The van der Waals surface area contributed by atoms with Crippen molar-refractivity contribution < 1.29 is 19.1 Å². The van der Waals surface area contributed by atoms with Crippen LogP contribution in [0.4, 0.5) is 0 Å². The van der Waals surface area contributed by atoms with Gasteiger partial charge in [-0.2, -0.15) is 0 Å². The molecule has 0 fully saturated rings. The van der Waals surface area contributed by atoms with Crippen molar-refractivity contribution >= 4 is 35.1 Å². The molecule has 2 aromatic carbocycles. The second-order valence-corrected chi connectivity index (χ2v) is 10.2. The number of carbonyl (C=O) groups is 2. The lowest BCUT2D eigenvalue weighted by atomic mass is 10.0. The van der Waals surface area contributed by atoms with Crippen molar-refractivity contribution in [3.05, 3.63) is 103 Å². The average Bonchev–Trinajstić information content (AvgIpc) is 2.83. The van der Waals surface area contributed by atoms with E-state index in [9.17, 15) is 14.4 Å². The van der Waals surface area contributed by atoms with Crippen LogP contribution in [0, 0.1) is 0 Å². The third kappa shape index (κ3) is 7.21. The second-order valence-electron chi connectivity index (χ2n) is 9.38. The highest BCUT2D eigenvalue weighted by Crippen LogP contribution is 2.21. The smallest absolute Gasteiger partial charge is 0.338 e. The summed E-state index contributed by atoms with van der Waals surface area (Å²) < 4.78 is 11.8. The fourth-order valence-electron chi connectivity index (χ4n) is 3.75. The van der Waals surface area contributed by atoms with Gasteiger partial charge in [-0.15, -0.1) is 0 Å². The molecule has 36 heavy (non-hydrogen) atoms. The molecule has 0 amide bonds. The maximum atomic E-state index is 12.9. The fourth-order valence-corrected chi connectivity index (χ4v) is 4.32. The Morgan fingerprint density at radius 3 is 2.17 bits per heavy atom. The highest BCUT2D eigenvalue weighted by atomic mass is 35.5. The Labute approximate surface area is 220 Å². The summed E-state index contributed by atoms with van der Waals surface area (Å²) in [5.74, 6) is -0.790. The third-order valence-corrected chi connectivity index (χ3v) is 6.11. The van der Waals surface area contributed by atoms with E-state index in [4.69, 9.17) is 32.7 Å². The average molecular weight is 530 g/mol. The van der Waals surface area contributed by atoms with Crippen LogP contribution in [0.3, 0.4) is 0 Å². The molecule has 0 radical (unpaired) electrons. The number of benzene rings is 2. The van der Waals surface area contributed by atoms with Crippen LogP contribution >= 0.6 is 23.2 Å². The minimum Gasteiger partial charge on any atom is -0.465 e. The molecule has 6 nitrogen and oxygen atoms in total. The van der Waals surface area contributed by atoms with Gasteiger partial charge in [0.2, 0.25) is 0 Å². The monoisotopic (exact) mass is 529 g/mol. The largest absolute Gasteiger partial charge is 0.465 e. The summed E-state index contributed by atoms with van der Waals surface area (Å²) in [5.41, 5.74) is 2.57. The van der Waals surface area contributed by atoms with Crippen LogP contribution in [0.2, 0.25) is 10.0 Å². The Morgan fingerprint density at radius 1 is 0.833 bits per heavy atom. The van der Waals surface area contributed by atoms with E-state index in [1.165, 1.54) is 13.2 Å². The SMILES string of the molecule is COC(=O)c1cccc(CCc2c(Cl)cc(Cl)c(=O)n2CCc2ccc(C(=O)OC(C)(C)C)cc2)c1. The lowest BCUT2D eigenvalue weighted by Gasteiger charge is -2.19. The summed E-state index contributed by atoms with van der Waals surface area (Å²) in [6.45, 7) is 5.82. The molecular weight excluding hydrogens is 501 g/mol. The first-order valence-corrected chi connectivity index (χ1v) is 12.3. The summed E-state index contributed by atoms with van der Waals surface area (Å²) in [4.78, 5) is 37.0. The Kier molecular flexibility index (Phi) is 8.98. The number of hydrogen-bond acceptors (Lipinski definition) is 5. The molecule has 0 unspecified atom stereocenters. The first-order chi connectivity index (χ1) is 17.0. The number of carbonyl (C=O) groups excluding carboxylic acids is 2. The summed E-state index contributed by atoms with van der Waals surface area (Å²) in [6.07, 6.45) is 1.58. The standard InChI is InChI=1S/C28H29Cl2NO5/c1-28(2,3)36-27(34)20-11-8-18(9-12-20)14-15-31-24(22(29)17-23(30)25(31)32)13-10-19-6-5-7-21(16-19)26(33)35-4/h5-9,11-12,16-17H,10,13-15H2,1-4H3. The number of methoxy groups -OCH3 is 1. The van der Waals surface area contributed by atoms with Crippen molar-refractivity contribution in [2.75, 3.05) is 7.11 Å². The zero-order valence-corrected chi connectivity index (χ0v) is 22.3. The predicted molar refractivity (Wildman–Crippen MR) is 141 cm³/mol. The topological polar surface area (TPSA) is 74.6 Å². The molecule has 0 bridgehead atoms. The second kappa shape index (κ2) is 11.8. The molecule has 0 saturated carbocycles. The van der Waals surface area contributed by atoms with Crippen LogP contribution in [-0.4, -0.2) is 29.2 Å². The Balaban J connectivity index is 1.77. The molecule has 0 aliphatic heterocycles. The Bertz CT molecular complexity index is 1310. The highest BCUT2D eigenvalue weighted by molar-refractivity contribution is 6.34. The minimum atomic E-state index is -0.570. The number of nitrogens with zero attached hydrogens (tertiary/aromatic N) is 1. The first kappa shape index (κ1) is 27.5. The van der Waals surface area contributed by atoms with Crippen molar-refractivity contribution in [2.45, 2.75) is 52.2 Å². The van der Waals surface area contributed by atoms with Crippen molar-refractivity contribution in [3.63, 3.8) is 0 Å². The number of aryl methyl sites for hydroxylation is 2. The van der Waals surface area contributed by atoms with Crippen LogP contribution < -0.4 is 5.56 Å². The molecule has 0 aliphatic rings. The molecule has 8 heteroatoms. The van der Waals surface area contributed by atoms with Crippen LogP contribution in [-0.2, 0) is 35.3 Å². The van der Waals surface area contributed by atoms with E-state index in [1.807, 2.05) is 39.0 Å². The van der Waals surface area contributed by atoms with E-state index in [-0.39, 0.29) is 16.6 Å². The molecule has 3 aromatic rings. The van der Waals surface area contributed by atoms with Gasteiger partial charge in [0.15, 0.2) is 0 Å². The lowest BCUT2D eigenvalue weighted by Crippen LogP contribution is -2.26. The predicted octanol–water partition coefficient (Wildman–Crippen LogP) is 5.92. The lowest BCUT2D eigenvalue weighted by molar-refractivity contribution is 0.00693. The summed E-state index contributed by atoms with van der Waals surface area (Å²) >= 11 is 12.6. The quantitative estimate of drug-likeness (QED) is 0.338. The normalized spacial score (nSPS) is 11.3. The number of rotatable bonds is 8. The molecule has 0 saturated heterocycles.